The van der Waals surface area contributed by atoms with E-state index in [2.05, 4.69) is 4.98 Å². The highest BCUT2D eigenvalue weighted by Gasteiger charge is 2.26. The monoisotopic (exact) mass is 367 g/mol. The Morgan fingerprint density at radius 1 is 1.04 bits per heavy atom. The van der Waals surface area contributed by atoms with E-state index in [9.17, 15) is 13.2 Å². The van der Waals surface area contributed by atoms with Gasteiger partial charge in [0.25, 0.3) is 0 Å². The molecule has 1 nitrogen and oxygen atoms in total. The summed E-state index contributed by atoms with van der Waals surface area (Å²) in [6, 6.07) is 12.7. The van der Waals surface area contributed by atoms with E-state index < -0.39 is 12.6 Å². The summed E-state index contributed by atoms with van der Waals surface area (Å²) in [5, 5.41) is 1.49. The van der Waals surface area contributed by atoms with Crippen molar-refractivity contribution in [1.82, 2.24) is 4.98 Å². The largest absolute Gasteiger partial charge is 0.389 e. The van der Waals surface area contributed by atoms with E-state index in [1.807, 2.05) is 42.5 Å². The van der Waals surface area contributed by atoms with Crippen molar-refractivity contribution in [3.63, 3.8) is 0 Å². The van der Waals surface area contributed by atoms with E-state index in [0.717, 1.165) is 20.8 Å². The maximum Gasteiger partial charge on any atom is 0.389 e. The van der Waals surface area contributed by atoms with Crippen LogP contribution in [-0.2, 0) is 6.42 Å². The zero-order chi connectivity index (χ0) is 17.2. The maximum atomic E-state index is 12.3. The molecule has 0 aliphatic carbocycles. The van der Waals surface area contributed by atoms with Gasteiger partial charge in [-0.15, -0.1) is 11.3 Å². The predicted molar refractivity (Wildman–Crippen MR) is 94.4 cm³/mol. The van der Waals surface area contributed by atoms with Gasteiger partial charge in [-0.2, -0.15) is 13.2 Å². The second kappa shape index (κ2) is 6.95. The van der Waals surface area contributed by atoms with Crippen LogP contribution in [0.3, 0.4) is 0 Å². The fraction of sp³-hybridized carbons (Fsp3) is 0.167. The van der Waals surface area contributed by atoms with Crippen LogP contribution in [0.25, 0.3) is 22.4 Å². The smallest absolute Gasteiger partial charge is 0.237 e. The third-order valence-electron chi connectivity index (χ3n) is 3.45. The molecule has 6 heteroatoms. The zero-order valence-corrected chi connectivity index (χ0v) is 14.1. The number of benzene rings is 2. The molecule has 0 N–H and O–H groups in total. The lowest BCUT2D eigenvalue weighted by atomic mass is 10.1. The number of hydrogen-bond donors (Lipinski definition) is 0. The summed E-state index contributed by atoms with van der Waals surface area (Å²) in [5.74, 6) is 0. The second-order valence-corrected chi connectivity index (χ2v) is 6.85. The van der Waals surface area contributed by atoms with Crippen molar-refractivity contribution in [1.29, 1.82) is 0 Å². The molecule has 0 atom stereocenters. The first-order valence-corrected chi connectivity index (χ1v) is 8.48. The van der Waals surface area contributed by atoms with Gasteiger partial charge < -0.3 is 0 Å². The quantitative estimate of drug-likeness (QED) is 0.505. The molecule has 3 aromatic rings. The lowest BCUT2D eigenvalue weighted by molar-refractivity contribution is -0.133. The van der Waals surface area contributed by atoms with E-state index >= 15 is 0 Å². The number of alkyl halides is 3. The fourth-order valence-corrected chi connectivity index (χ4v) is 3.22. The summed E-state index contributed by atoms with van der Waals surface area (Å²) < 4.78 is 37.9. The first kappa shape index (κ1) is 17.0. The molecule has 1 aromatic heterocycles. The molecule has 0 saturated heterocycles. The molecule has 1 heterocycles. The minimum atomic E-state index is -4.14. The topological polar surface area (TPSA) is 12.9 Å². The molecule has 0 saturated carbocycles. The highest BCUT2D eigenvalue weighted by molar-refractivity contribution is 7.19. The molecule has 0 amide bonds. The Morgan fingerprint density at radius 3 is 2.50 bits per heavy atom. The third-order valence-corrected chi connectivity index (χ3v) is 4.71. The average molecular weight is 368 g/mol. The van der Waals surface area contributed by atoms with Crippen molar-refractivity contribution in [2.45, 2.75) is 19.0 Å². The van der Waals surface area contributed by atoms with Crippen LogP contribution in [0.4, 0.5) is 13.2 Å². The van der Waals surface area contributed by atoms with E-state index in [1.54, 1.807) is 12.1 Å². The van der Waals surface area contributed by atoms with E-state index in [0.29, 0.717) is 10.6 Å². The second-order valence-electron chi connectivity index (χ2n) is 5.35. The number of nitrogens with zero attached hydrogens (tertiary/aromatic N) is 1. The summed E-state index contributed by atoms with van der Waals surface area (Å²) in [5.41, 5.74) is 2.39. The summed E-state index contributed by atoms with van der Waals surface area (Å²) in [6.45, 7) is 0. The Hall–Kier alpha value is -1.85. The van der Waals surface area contributed by atoms with Gasteiger partial charge in [-0.25, -0.2) is 4.98 Å². The van der Waals surface area contributed by atoms with Crippen LogP contribution in [0, 0.1) is 0 Å². The van der Waals surface area contributed by atoms with Crippen molar-refractivity contribution >= 4 is 45.3 Å². The Labute approximate surface area is 146 Å². The predicted octanol–water partition coefficient (Wildman–Crippen LogP) is 6.62. The van der Waals surface area contributed by atoms with Crippen LogP contribution in [0.2, 0.25) is 5.02 Å². The first-order chi connectivity index (χ1) is 11.4. The molecule has 0 radical (unpaired) electrons. The Balaban J connectivity index is 1.77. The SMILES string of the molecule is FC(F)(F)CCc1ccc2sc(/C=C/c3ccc(Cl)cc3)nc2c1. The summed E-state index contributed by atoms with van der Waals surface area (Å²) in [7, 11) is 0. The normalized spacial score (nSPS) is 12.3. The molecule has 0 aliphatic rings. The van der Waals surface area contributed by atoms with Gasteiger partial charge in [-0.05, 0) is 47.9 Å². The Kier molecular flexibility index (Phi) is 4.92. The Bertz CT molecular complexity index is 866. The van der Waals surface area contributed by atoms with Crippen LogP contribution in [0.5, 0.6) is 0 Å². The number of aryl methyl sites for hydroxylation is 1. The summed E-state index contributed by atoms with van der Waals surface area (Å²) in [4.78, 5) is 4.47. The number of hydrogen-bond acceptors (Lipinski definition) is 2. The molecule has 124 valence electrons. The number of fused-ring (bicyclic) bond motifs is 1. The zero-order valence-electron chi connectivity index (χ0n) is 12.5. The first-order valence-electron chi connectivity index (χ1n) is 7.29. The Morgan fingerprint density at radius 2 is 1.79 bits per heavy atom. The van der Waals surface area contributed by atoms with Gasteiger partial charge in [-0.1, -0.05) is 35.9 Å². The minimum absolute atomic E-state index is 0.0209. The van der Waals surface area contributed by atoms with Gasteiger partial charge in [0.05, 0.1) is 10.2 Å². The van der Waals surface area contributed by atoms with E-state index in [-0.39, 0.29) is 6.42 Å². The fourth-order valence-electron chi connectivity index (χ4n) is 2.25. The van der Waals surface area contributed by atoms with Gasteiger partial charge in [0.1, 0.15) is 5.01 Å². The van der Waals surface area contributed by atoms with Crippen LogP contribution in [0.1, 0.15) is 22.6 Å². The number of aromatic nitrogens is 1. The molecule has 3 rings (SSSR count). The minimum Gasteiger partial charge on any atom is -0.237 e. The van der Waals surface area contributed by atoms with Crippen molar-refractivity contribution in [3.8, 4) is 0 Å². The maximum absolute atomic E-state index is 12.3. The number of thiazole rings is 1. The average Bonchev–Trinajstić information content (AvgIpc) is 2.94. The molecule has 24 heavy (non-hydrogen) atoms. The van der Waals surface area contributed by atoms with Crippen LogP contribution < -0.4 is 0 Å². The molecule has 2 aromatic carbocycles. The molecular weight excluding hydrogens is 355 g/mol. The van der Waals surface area contributed by atoms with Crippen molar-refractivity contribution < 1.29 is 13.2 Å². The highest BCUT2D eigenvalue weighted by Crippen LogP contribution is 2.27. The van der Waals surface area contributed by atoms with Crippen molar-refractivity contribution in [2.75, 3.05) is 0 Å². The van der Waals surface area contributed by atoms with Gasteiger partial charge in [-0.3, -0.25) is 0 Å². The number of rotatable bonds is 4. The summed E-state index contributed by atoms with van der Waals surface area (Å²) >= 11 is 7.35. The molecule has 0 spiro atoms. The van der Waals surface area contributed by atoms with E-state index in [1.165, 1.54) is 11.3 Å². The van der Waals surface area contributed by atoms with Crippen molar-refractivity contribution in [3.05, 3.63) is 63.6 Å². The van der Waals surface area contributed by atoms with Gasteiger partial charge >= 0.3 is 6.18 Å². The van der Waals surface area contributed by atoms with Crippen molar-refractivity contribution in [2.24, 2.45) is 0 Å². The third kappa shape index (κ3) is 4.58. The molecule has 0 fully saturated rings. The van der Waals surface area contributed by atoms with Gasteiger partial charge in [0.15, 0.2) is 0 Å². The van der Waals surface area contributed by atoms with Crippen LogP contribution >= 0.6 is 22.9 Å². The van der Waals surface area contributed by atoms with Crippen LogP contribution in [-0.4, -0.2) is 11.2 Å². The molecule has 0 bridgehead atoms. The van der Waals surface area contributed by atoms with Gasteiger partial charge in [0.2, 0.25) is 0 Å². The van der Waals surface area contributed by atoms with Gasteiger partial charge in [0, 0.05) is 11.4 Å². The molecular formula is C18H13ClF3NS. The lowest BCUT2D eigenvalue weighted by Crippen LogP contribution is -2.08. The van der Waals surface area contributed by atoms with E-state index in [4.69, 9.17) is 11.6 Å². The summed E-state index contributed by atoms with van der Waals surface area (Å²) in [6.07, 6.45) is -1.15. The highest BCUT2D eigenvalue weighted by atomic mass is 35.5. The standard InChI is InChI=1S/C18H13ClF3NS/c19-14-5-1-12(2-6-14)4-8-17-23-15-11-13(3-7-16(15)24-17)9-10-18(20,21)22/h1-8,11H,9-10H2/b8-4+. The lowest BCUT2D eigenvalue weighted by Gasteiger charge is -2.05. The molecule has 0 aliphatic heterocycles. The van der Waals surface area contributed by atoms with Crippen LogP contribution in [0.15, 0.2) is 42.5 Å². The number of halogens is 4. The molecule has 0 unspecified atom stereocenters.